The van der Waals surface area contributed by atoms with E-state index in [9.17, 15) is 19.7 Å². The Bertz CT molecular complexity index is 888. The lowest BCUT2D eigenvalue weighted by atomic mass is 10.1. The van der Waals surface area contributed by atoms with E-state index in [1.54, 1.807) is 16.4 Å². The number of rotatable bonds is 8. The third kappa shape index (κ3) is 5.65. The Morgan fingerprint density at radius 2 is 1.63 bits per heavy atom. The van der Waals surface area contributed by atoms with Crippen molar-refractivity contribution in [3.8, 4) is 0 Å². The van der Waals surface area contributed by atoms with Crippen LogP contribution in [0.4, 0.5) is 5.82 Å². The minimum Gasteiger partial charge on any atom is -0.358 e. The molecule has 30 heavy (non-hydrogen) atoms. The van der Waals surface area contributed by atoms with Crippen molar-refractivity contribution in [2.45, 2.75) is 39.2 Å². The van der Waals surface area contributed by atoms with Crippen LogP contribution >= 0.6 is 0 Å². The second kappa shape index (κ2) is 10.00. The lowest BCUT2D eigenvalue weighted by molar-refractivity contribution is -0.389. The molecule has 0 N–H and O–H groups in total. The van der Waals surface area contributed by atoms with E-state index in [0.717, 1.165) is 12.8 Å². The molecule has 0 unspecified atom stereocenters. The summed E-state index contributed by atoms with van der Waals surface area (Å²) in [6.07, 6.45) is 3.82. The maximum atomic E-state index is 12.5. The van der Waals surface area contributed by atoms with Crippen LogP contribution in [0.1, 0.15) is 30.7 Å². The van der Waals surface area contributed by atoms with Gasteiger partial charge in [-0.25, -0.2) is 0 Å². The largest absolute Gasteiger partial charge is 0.381 e. The highest BCUT2D eigenvalue weighted by Crippen LogP contribution is 2.13. The van der Waals surface area contributed by atoms with E-state index in [-0.39, 0.29) is 24.1 Å². The second-order valence-electron chi connectivity index (χ2n) is 7.45. The van der Waals surface area contributed by atoms with Gasteiger partial charge in [-0.05, 0) is 28.3 Å². The molecule has 0 aliphatic carbocycles. The van der Waals surface area contributed by atoms with Gasteiger partial charge in [-0.2, -0.15) is 0 Å². The van der Waals surface area contributed by atoms with Gasteiger partial charge in [-0.3, -0.25) is 9.59 Å². The average Bonchev–Trinajstić information content (AvgIpc) is 3.14. The minimum atomic E-state index is -0.540. The summed E-state index contributed by atoms with van der Waals surface area (Å²) >= 11 is 0. The number of carbonyl (C=O) groups excluding carboxylic acids is 2. The van der Waals surface area contributed by atoms with E-state index in [1.165, 1.54) is 11.8 Å². The number of imidazole rings is 1. The Labute approximate surface area is 175 Å². The summed E-state index contributed by atoms with van der Waals surface area (Å²) < 4.78 is 1.63. The van der Waals surface area contributed by atoms with Gasteiger partial charge in [0, 0.05) is 52.5 Å². The van der Waals surface area contributed by atoms with Crippen molar-refractivity contribution in [3.05, 3.63) is 58.0 Å². The molecule has 0 spiro atoms. The molecule has 1 fully saturated rings. The van der Waals surface area contributed by atoms with Gasteiger partial charge in [0.05, 0.1) is 0 Å². The highest BCUT2D eigenvalue weighted by molar-refractivity contribution is 5.78. The summed E-state index contributed by atoms with van der Waals surface area (Å²) in [6, 6.07) is 10.1. The first kappa shape index (κ1) is 21.5. The SMILES string of the molecule is Cc1nc([N+](=O)[O-])cn1CCC(=O)N1CCN(C(=O)CCCc2ccccc2)CC1. The molecule has 1 saturated heterocycles. The fourth-order valence-corrected chi connectivity index (χ4v) is 3.63. The molecule has 1 aliphatic heterocycles. The van der Waals surface area contributed by atoms with Crippen LogP contribution in [0.5, 0.6) is 0 Å². The Hall–Kier alpha value is -3.23. The molecule has 3 rings (SSSR count). The smallest absolute Gasteiger partial charge is 0.358 e. The zero-order valence-corrected chi connectivity index (χ0v) is 17.2. The van der Waals surface area contributed by atoms with Crippen LogP contribution in [0.2, 0.25) is 0 Å². The third-order valence-electron chi connectivity index (χ3n) is 5.40. The number of hydrogen-bond acceptors (Lipinski definition) is 5. The van der Waals surface area contributed by atoms with E-state index in [0.29, 0.717) is 45.0 Å². The van der Waals surface area contributed by atoms with E-state index >= 15 is 0 Å². The van der Waals surface area contributed by atoms with Crippen molar-refractivity contribution in [1.29, 1.82) is 0 Å². The maximum absolute atomic E-state index is 12.5. The van der Waals surface area contributed by atoms with Crippen LogP contribution in [-0.4, -0.2) is 62.3 Å². The lowest BCUT2D eigenvalue weighted by Gasteiger charge is -2.35. The Morgan fingerprint density at radius 1 is 1.03 bits per heavy atom. The monoisotopic (exact) mass is 413 g/mol. The van der Waals surface area contributed by atoms with Crippen molar-refractivity contribution >= 4 is 17.6 Å². The van der Waals surface area contributed by atoms with Gasteiger partial charge in [-0.15, -0.1) is 0 Å². The van der Waals surface area contributed by atoms with Crippen molar-refractivity contribution < 1.29 is 14.5 Å². The van der Waals surface area contributed by atoms with E-state index in [1.807, 2.05) is 23.1 Å². The van der Waals surface area contributed by atoms with Crippen molar-refractivity contribution in [2.75, 3.05) is 26.2 Å². The molecule has 1 aliphatic rings. The molecular formula is C21H27N5O4. The number of nitro groups is 1. The first-order valence-corrected chi connectivity index (χ1v) is 10.2. The van der Waals surface area contributed by atoms with Crippen LogP contribution in [-0.2, 0) is 22.6 Å². The standard InChI is InChI=1S/C21H27N5O4/c1-17-22-19(26(29)30)16-25(17)11-10-21(28)24-14-12-23(13-15-24)20(27)9-5-8-18-6-3-2-4-7-18/h2-4,6-7,16H,5,8-15H2,1H3. The van der Waals surface area contributed by atoms with Crippen molar-refractivity contribution in [1.82, 2.24) is 19.4 Å². The summed E-state index contributed by atoms with van der Waals surface area (Å²) in [5.41, 5.74) is 1.24. The number of carbonyl (C=O) groups is 2. The van der Waals surface area contributed by atoms with E-state index in [4.69, 9.17) is 0 Å². The van der Waals surface area contributed by atoms with Crippen LogP contribution < -0.4 is 0 Å². The molecular weight excluding hydrogens is 386 g/mol. The summed E-state index contributed by atoms with van der Waals surface area (Å²) in [5.74, 6) is 0.432. The number of aryl methyl sites for hydroxylation is 3. The number of amides is 2. The maximum Gasteiger partial charge on any atom is 0.381 e. The summed E-state index contributed by atoms with van der Waals surface area (Å²) in [6.45, 7) is 4.17. The fourth-order valence-electron chi connectivity index (χ4n) is 3.63. The van der Waals surface area contributed by atoms with E-state index in [2.05, 4.69) is 17.1 Å². The second-order valence-corrected chi connectivity index (χ2v) is 7.45. The summed E-state index contributed by atoms with van der Waals surface area (Å²) in [5, 5.41) is 10.8. The van der Waals surface area contributed by atoms with Gasteiger partial charge in [0.1, 0.15) is 6.20 Å². The summed E-state index contributed by atoms with van der Waals surface area (Å²) in [4.78, 5) is 42.6. The number of benzene rings is 1. The van der Waals surface area contributed by atoms with Crippen LogP contribution in [0.3, 0.4) is 0 Å². The van der Waals surface area contributed by atoms with Gasteiger partial charge in [0.2, 0.25) is 17.6 Å². The minimum absolute atomic E-state index is 0.0121. The normalized spacial score (nSPS) is 14.0. The van der Waals surface area contributed by atoms with Crippen molar-refractivity contribution in [2.24, 2.45) is 0 Å². The molecule has 1 aromatic carbocycles. The molecule has 0 bridgehead atoms. The first-order chi connectivity index (χ1) is 14.4. The molecule has 0 radical (unpaired) electrons. The highest BCUT2D eigenvalue weighted by atomic mass is 16.6. The highest BCUT2D eigenvalue weighted by Gasteiger charge is 2.24. The number of aromatic nitrogens is 2. The molecule has 2 amide bonds. The van der Waals surface area contributed by atoms with Gasteiger partial charge in [-0.1, -0.05) is 30.3 Å². The Morgan fingerprint density at radius 3 is 2.20 bits per heavy atom. The fraction of sp³-hybridized carbons (Fsp3) is 0.476. The topological polar surface area (TPSA) is 102 Å². The molecule has 0 atom stereocenters. The molecule has 1 aromatic heterocycles. The molecule has 0 saturated carbocycles. The Kier molecular flexibility index (Phi) is 7.16. The predicted molar refractivity (Wildman–Crippen MR) is 111 cm³/mol. The van der Waals surface area contributed by atoms with Crippen LogP contribution in [0.25, 0.3) is 0 Å². The average molecular weight is 413 g/mol. The van der Waals surface area contributed by atoms with E-state index < -0.39 is 4.92 Å². The molecule has 9 heteroatoms. The van der Waals surface area contributed by atoms with Gasteiger partial charge in [0.15, 0.2) is 0 Å². The van der Waals surface area contributed by atoms with Gasteiger partial charge >= 0.3 is 5.82 Å². The third-order valence-corrected chi connectivity index (χ3v) is 5.40. The molecule has 2 aromatic rings. The van der Waals surface area contributed by atoms with Crippen molar-refractivity contribution in [3.63, 3.8) is 0 Å². The number of nitrogens with zero attached hydrogens (tertiary/aromatic N) is 5. The Balaban J connectivity index is 1.38. The molecule has 160 valence electrons. The van der Waals surface area contributed by atoms with Gasteiger partial charge < -0.3 is 24.5 Å². The zero-order chi connectivity index (χ0) is 21.5. The van der Waals surface area contributed by atoms with Crippen LogP contribution in [0, 0.1) is 17.0 Å². The summed E-state index contributed by atoms with van der Waals surface area (Å²) in [7, 11) is 0. The quantitative estimate of drug-likeness (QED) is 0.488. The lowest BCUT2D eigenvalue weighted by Crippen LogP contribution is -2.50. The molecule has 9 nitrogen and oxygen atoms in total. The predicted octanol–water partition coefficient (Wildman–Crippen LogP) is 2.18. The number of piperazine rings is 1. The first-order valence-electron chi connectivity index (χ1n) is 10.2. The van der Waals surface area contributed by atoms with Crippen LogP contribution in [0.15, 0.2) is 36.5 Å². The zero-order valence-electron chi connectivity index (χ0n) is 17.2. The molecule has 2 heterocycles. The number of hydrogen-bond donors (Lipinski definition) is 0. The van der Waals surface area contributed by atoms with Gasteiger partial charge in [0.25, 0.3) is 0 Å².